The number of thiazole rings is 1. The lowest BCUT2D eigenvalue weighted by molar-refractivity contribution is -0.134. The zero-order valence-electron chi connectivity index (χ0n) is 13.7. The minimum Gasteiger partial charge on any atom is -0.414 e. The molecule has 26 heavy (non-hydrogen) atoms. The first kappa shape index (κ1) is 20.7. The summed E-state index contributed by atoms with van der Waals surface area (Å²) in [5, 5.41) is -0.226. The van der Waals surface area contributed by atoms with Crippen molar-refractivity contribution in [2.75, 3.05) is 4.72 Å². The Morgan fingerprint density at radius 1 is 1.46 bits per heavy atom. The first-order valence-electron chi connectivity index (χ1n) is 7.52. The van der Waals surface area contributed by atoms with E-state index in [-0.39, 0.29) is 21.6 Å². The Labute approximate surface area is 165 Å². The molecule has 2 rings (SSSR count). The fraction of sp³-hybridized carbons (Fsp3) is 0.250. The number of hydrogen-bond acceptors (Lipinski definition) is 6. The number of nitrogens with zero attached hydrogens (tertiary/aromatic N) is 1. The predicted molar refractivity (Wildman–Crippen MR) is 105 cm³/mol. The maximum absolute atomic E-state index is 12.7. The minimum absolute atomic E-state index is 0.0706. The van der Waals surface area contributed by atoms with Crippen molar-refractivity contribution < 1.29 is 17.9 Å². The van der Waals surface area contributed by atoms with Gasteiger partial charge in [-0.15, -0.1) is 6.58 Å². The second kappa shape index (κ2) is 8.85. The van der Waals surface area contributed by atoms with Crippen molar-refractivity contribution in [3.05, 3.63) is 52.7 Å². The van der Waals surface area contributed by atoms with Gasteiger partial charge in [-0.3, -0.25) is 9.52 Å². The summed E-state index contributed by atoms with van der Waals surface area (Å²) in [6.45, 7) is 5.43. The molecular weight excluding hydrogens is 419 g/mol. The summed E-state index contributed by atoms with van der Waals surface area (Å²) in [5.74, 6) is -0.400. The van der Waals surface area contributed by atoms with Crippen LogP contribution in [0.2, 0.25) is 10.0 Å². The van der Waals surface area contributed by atoms with Crippen molar-refractivity contribution >= 4 is 55.7 Å². The molecule has 2 aromatic rings. The molecule has 1 aromatic heterocycles. The van der Waals surface area contributed by atoms with Crippen molar-refractivity contribution in [1.82, 2.24) is 4.98 Å². The summed E-state index contributed by atoms with van der Waals surface area (Å²) in [7, 11) is -3.93. The maximum atomic E-state index is 12.7. The first-order chi connectivity index (χ1) is 12.3. The first-order valence-corrected chi connectivity index (χ1v) is 10.6. The highest BCUT2D eigenvalue weighted by Crippen LogP contribution is 2.34. The van der Waals surface area contributed by atoms with Gasteiger partial charge < -0.3 is 4.74 Å². The molecule has 0 saturated carbocycles. The number of esters is 1. The lowest BCUT2D eigenvalue weighted by Gasteiger charge is -2.16. The molecule has 1 heterocycles. The highest BCUT2D eigenvalue weighted by molar-refractivity contribution is 7.93. The number of hydrogen-bond donors (Lipinski definition) is 1. The Morgan fingerprint density at radius 3 is 2.81 bits per heavy atom. The van der Waals surface area contributed by atoms with Gasteiger partial charge in [0.2, 0.25) is 15.1 Å². The monoisotopic (exact) mass is 434 g/mol. The molecule has 10 heteroatoms. The van der Waals surface area contributed by atoms with Gasteiger partial charge in [-0.25, -0.2) is 13.4 Å². The fourth-order valence-electron chi connectivity index (χ4n) is 2.06. The number of sulfonamides is 1. The second-order valence-corrected chi connectivity index (χ2v) is 8.82. The van der Waals surface area contributed by atoms with E-state index in [1.54, 1.807) is 6.07 Å². The average Bonchev–Trinajstić information content (AvgIpc) is 2.96. The Kier molecular flexibility index (Phi) is 7.05. The number of carbonyl (C=O) groups is 1. The van der Waals surface area contributed by atoms with Crippen molar-refractivity contribution in [3.63, 3.8) is 0 Å². The second-order valence-electron chi connectivity index (χ2n) is 5.18. The Morgan fingerprint density at radius 2 is 2.19 bits per heavy atom. The van der Waals surface area contributed by atoms with Crippen LogP contribution in [0.25, 0.3) is 0 Å². The van der Waals surface area contributed by atoms with Crippen LogP contribution in [0.1, 0.15) is 30.6 Å². The molecule has 0 spiro atoms. The molecule has 1 aromatic carbocycles. The smallest absolute Gasteiger partial charge is 0.312 e. The van der Waals surface area contributed by atoms with Crippen LogP contribution in [0.15, 0.2) is 37.1 Å². The van der Waals surface area contributed by atoms with Gasteiger partial charge in [0.05, 0.1) is 6.20 Å². The molecule has 0 bridgehead atoms. The standard InChI is InChI=1S/C16H16Cl2N2O4S2/c1-3-5-14(21)24-15-9-19-16(25-15)20-26(22,23)13(4-2)11-7-6-10(17)8-12(11)18/h4,6-9,13H,2-3,5H2,1H3,(H,19,20). The van der Waals surface area contributed by atoms with Gasteiger partial charge in [0.15, 0.2) is 5.13 Å². The van der Waals surface area contributed by atoms with Gasteiger partial charge in [-0.1, -0.05) is 53.6 Å². The molecule has 0 saturated heterocycles. The van der Waals surface area contributed by atoms with Crippen LogP contribution >= 0.6 is 34.5 Å². The van der Waals surface area contributed by atoms with Gasteiger partial charge >= 0.3 is 5.97 Å². The summed E-state index contributed by atoms with van der Waals surface area (Å²) < 4.78 is 32.8. The van der Waals surface area contributed by atoms with Crippen LogP contribution in [-0.4, -0.2) is 19.4 Å². The SMILES string of the molecule is C=CC(c1ccc(Cl)cc1Cl)S(=O)(=O)Nc1ncc(OC(=O)CCC)s1. The van der Waals surface area contributed by atoms with Crippen molar-refractivity contribution in [2.24, 2.45) is 0 Å². The van der Waals surface area contributed by atoms with Crippen LogP contribution in [0, 0.1) is 0 Å². The topological polar surface area (TPSA) is 85.4 Å². The molecule has 0 fully saturated rings. The summed E-state index contributed by atoms with van der Waals surface area (Å²) in [4.78, 5) is 15.4. The summed E-state index contributed by atoms with van der Waals surface area (Å²) >= 11 is 12.9. The van der Waals surface area contributed by atoms with E-state index in [1.807, 2.05) is 6.92 Å². The molecule has 1 N–H and O–H groups in total. The molecule has 140 valence electrons. The Bertz CT molecular complexity index is 913. The number of aromatic nitrogens is 1. The number of carbonyl (C=O) groups excluding carboxylic acids is 1. The van der Waals surface area contributed by atoms with E-state index >= 15 is 0 Å². The zero-order chi connectivity index (χ0) is 19.3. The van der Waals surface area contributed by atoms with E-state index < -0.39 is 21.2 Å². The third kappa shape index (κ3) is 5.20. The van der Waals surface area contributed by atoms with Crippen LogP contribution in [0.3, 0.4) is 0 Å². The summed E-state index contributed by atoms with van der Waals surface area (Å²) in [6, 6.07) is 4.53. The minimum atomic E-state index is -3.93. The molecule has 0 aliphatic rings. The van der Waals surface area contributed by atoms with E-state index in [9.17, 15) is 13.2 Å². The van der Waals surface area contributed by atoms with Gasteiger partial charge in [0.1, 0.15) is 5.25 Å². The van der Waals surface area contributed by atoms with Crippen LogP contribution in [-0.2, 0) is 14.8 Å². The van der Waals surface area contributed by atoms with E-state index in [2.05, 4.69) is 16.3 Å². The number of anilines is 1. The van der Waals surface area contributed by atoms with Crippen molar-refractivity contribution in [2.45, 2.75) is 25.0 Å². The summed E-state index contributed by atoms with van der Waals surface area (Å²) in [6.07, 6.45) is 3.47. The van der Waals surface area contributed by atoms with Gasteiger partial charge in [0.25, 0.3) is 0 Å². The van der Waals surface area contributed by atoms with Gasteiger partial charge in [-0.2, -0.15) is 0 Å². The highest BCUT2D eigenvalue weighted by Gasteiger charge is 2.27. The fourth-order valence-corrected chi connectivity index (χ4v) is 4.92. The molecule has 6 nitrogen and oxygen atoms in total. The normalized spacial score (nSPS) is 12.4. The van der Waals surface area contributed by atoms with E-state index in [1.165, 1.54) is 24.4 Å². The molecule has 0 radical (unpaired) electrons. The Hall–Kier alpha value is -1.61. The number of benzene rings is 1. The number of ether oxygens (including phenoxy) is 1. The van der Waals surface area contributed by atoms with Crippen LogP contribution in [0.4, 0.5) is 5.13 Å². The lowest BCUT2D eigenvalue weighted by atomic mass is 10.1. The van der Waals surface area contributed by atoms with Crippen molar-refractivity contribution in [3.8, 4) is 5.06 Å². The quantitative estimate of drug-likeness (QED) is 0.475. The van der Waals surface area contributed by atoms with E-state index in [0.29, 0.717) is 17.0 Å². The Balaban J connectivity index is 2.20. The number of rotatable bonds is 8. The molecule has 1 unspecified atom stereocenters. The highest BCUT2D eigenvalue weighted by atomic mass is 35.5. The molecule has 0 amide bonds. The average molecular weight is 435 g/mol. The number of nitrogens with one attached hydrogen (secondary N) is 1. The lowest BCUT2D eigenvalue weighted by Crippen LogP contribution is -2.20. The zero-order valence-corrected chi connectivity index (χ0v) is 16.9. The predicted octanol–water partition coefficient (Wildman–Crippen LogP) is 4.82. The van der Waals surface area contributed by atoms with Crippen LogP contribution in [0.5, 0.6) is 5.06 Å². The molecule has 0 aliphatic carbocycles. The van der Waals surface area contributed by atoms with Crippen molar-refractivity contribution in [1.29, 1.82) is 0 Å². The van der Waals surface area contributed by atoms with E-state index in [4.69, 9.17) is 27.9 Å². The molecule has 0 aliphatic heterocycles. The van der Waals surface area contributed by atoms with E-state index in [0.717, 1.165) is 11.3 Å². The number of halogens is 2. The van der Waals surface area contributed by atoms with Crippen LogP contribution < -0.4 is 9.46 Å². The van der Waals surface area contributed by atoms with Gasteiger partial charge in [-0.05, 0) is 24.1 Å². The largest absolute Gasteiger partial charge is 0.414 e. The molecule has 1 atom stereocenters. The third-order valence-electron chi connectivity index (χ3n) is 3.20. The summed E-state index contributed by atoms with van der Waals surface area (Å²) in [5.41, 5.74) is 0.338. The third-order valence-corrected chi connectivity index (χ3v) is 6.28. The van der Waals surface area contributed by atoms with Gasteiger partial charge in [0, 0.05) is 16.5 Å². The molecular formula is C16H16Cl2N2O4S2. The maximum Gasteiger partial charge on any atom is 0.312 e.